The lowest BCUT2D eigenvalue weighted by atomic mass is 9.88. The molecule has 2 amide bonds. The van der Waals surface area contributed by atoms with Gasteiger partial charge in [-0.25, -0.2) is 0 Å². The fourth-order valence-corrected chi connectivity index (χ4v) is 4.86. The first-order valence-corrected chi connectivity index (χ1v) is 11.0. The maximum atomic E-state index is 13.0. The van der Waals surface area contributed by atoms with Crippen LogP contribution in [0.1, 0.15) is 37.5 Å². The number of methoxy groups -OCH3 is 1. The Labute approximate surface area is 187 Å². The number of hydrogen-bond donors (Lipinski definition) is 0. The van der Waals surface area contributed by atoms with E-state index in [1.54, 1.807) is 13.2 Å². The highest BCUT2D eigenvalue weighted by atomic mass is 32.2. The van der Waals surface area contributed by atoms with Gasteiger partial charge in [0.2, 0.25) is 0 Å². The molecule has 2 heterocycles. The SMILES string of the molecule is COc1cc2c(cc1/C=C1/SC(=O)N(Cc3ccccc3)C1=O)C(C)=CC(C)(C)N2C. The molecule has 0 aromatic heterocycles. The van der Waals surface area contributed by atoms with Gasteiger partial charge in [0.05, 0.1) is 24.1 Å². The summed E-state index contributed by atoms with van der Waals surface area (Å²) in [6.07, 6.45) is 4.00. The van der Waals surface area contributed by atoms with Gasteiger partial charge in [0.25, 0.3) is 11.1 Å². The van der Waals surface area contributed by atoms with Crippen LogP contribution in [-0.4, -0.2) is 35.7 Å². The first-order chi connectivity index (χ1) is 14.7. The van der Waals surface area contributed by atoms with Gasteiger partial charge in [-0.15, -0.1) is 0 Å². The van der Waals surface area contributed by atoms with E-state index in [4.69, 9.17) is 4.74 Å². The van der Waals surface area contributed by atoms with E-state index in [1.165, 1.54) is 10.5 Å². The van der Waals surface area contributed by atoms with Crippen LogP contribution in [0.15, 0.2) is 53.4 Å². The number of nitrogens with zero attached hydrogens (tertiary/aromatic N) is 2. The summed E-state index contributed by atoms with van der Waals surface area (Å²) in [7, 11) is 3.69. The molecule has 1 saturated heterocycles. The number of carbonyl (C=O) groups is 2. The molecule has 0 bridgehead atoms. The summed E-state index contributed by atoms with van der Waals surface area (Å²) >= 11 is 0.972. The molecule has 0 spiro atoms. The molecule has 4 rings (SSSR count). The third kappa shape index (κ3) is 3.88. The lowest BCUT2D eigenvalue weighted by molar-refractivity contribution is -0.123. The Bertz CT molecular complexity index is 1120. The number of hydrogen-bond acceptors (Lipinski definition) is 5. The summed E-state index contributed by atoms with van der Waals surface area (Å²) in [6.45, 7) is 6.70. The van der Waals surface area contributed by atoms with E-state index < -0.39 is 0 Å². The molecule has 0 saturated carbocycles. The van der Waals surface area contributed by atoms with Crippen molar-refractivity contribution < 1.29 is 14.3 Å². The number of benzene rings is 2. The quantitative estimate of drug-likeness (QED) is 0.590. The van der Waals surface area contributed by atoms with E-state index >= 15 is 0 Å². The Balaban J connectivity index is 1.70. The number of carbonyl (C=O) groups excluding carboxylic acids is 2. The molecule has 0 N–H and O–H groups in total. The number of anilines is 1. The Morgan fingerprint density at radius 2 is 1.84 bits per heavy atom. The van der Waals surface area contributed by atoms with Crippen molar-refractivity contribution in [1.29, 1.82) is 0 Å². The number of rotatable bonds is 4. The minimum atomic E-state index is -0.274. The van der Waals surface area contributed by atoms with Crippen LogP contribution in [0.5, 0.6) is 5.75 Å². The van der Waals surface area contributed by atoms with E-state index in [1.807, 2.05) is 42.5 Å². The predicted molar refractivity (Wildman–Crippen MR) is 127 cm³/mol. The van der Waals surface area contributed by atoms with Gasteiger partial charge in [-0.05, 0) is 55.8 Å². The van der Waals surface area contributed by atoms with Gasteiger partial charge in [0.1, 0.15) is 5.75 Å². The van der Waals surface area contributed by atoms with Crippen LogP contribution in [0.2, 0.25) is 0 Å². The first-order valence-electron chi connectivity index (χ1n) is 10.2. The van der Waals surface area contributed by atoms with E-state index in [-0.39, 0.29) is 23.2 Å². The smallest absolute Gasteiger partial charge is 0.293 e. The van der Waals surface area contributed by atoms with Crippen LogP contribution in [0, 0.1) is 0 Å². The highest BCUT2D eigenvalue weighted by molar-refractivity contribution is 8.18. The van der Waals surface area contributed by atoms with Crippen LogP contribution in [0.4, 0.5) is 10.5 Å². The maximum absolute atomic E-state index is 13.0. The third-order valence-electron chi connectivity index (χ3n) is 5.91. The van der Waals surface area contributed by atoms with E-state index in [0.717, 1.165) is 34.1 Å². The average molecular weight is 435 g/mol. The van der Waals surface area contributed by atoms with E-state index in [0.29, 0.717) is 10.7 Å². The molecule has 2 aromatic carbocycles. The molecule has 5 nitrogen and oxygen atoms in total. The van der Waals surface area contributed by atoms with Crippen LogP contribution in [0.25, 0.3) is 11.6 Å². The Morgan fingerprint density at radius 3 is 2.52 bits per heavy atom. The number of fused-ring (bicyclic) bond motifs is 1. The molecule has 0 aliphatic carbocycles. The second-order valence-electron chi connectivity index (χ2n) is 8.40. The van der Waals surface area contributed by atoms with Crippen molar-refractivity contribution in [2.45, 2.75) is 32.9 Å². The molecule has 2 aliphatic rings. The molecule has 31 heavy (non-hydrogen) atoms. The summed E-state index contributed by atoms with van der Waals surface area (Å²) < 4.78 is 5.65. The van der Waals surface area contributed by atoms with Crippen molar-refractivity contribution in [2.75, 3.05) is 19.1 Å². The lowest BCUT2D eigenvalue weighted by Crippen LogP contribution is -2.42. The number of imide groups is 1. The van der Waals surface area contributed by atoms with Crippen LogP contribution in [-0.2, 0) is 11.3 Å². The number of likely N-dealkylation sites (N-methyl/N-ethyl adjacent to an activating group) is 1. The van der Waals surface area contributed by atoms with Gasteiger partial charge in [0, 0.05) is 29.9 Å². The van der Waals surface area contributed by atoms with Crippen LogP contribution in [0.3, 0.4) is 0 Å². The number of ether oxygens (including phenoxy) is 1. The standard InChI is InChI=1S/C25H26N2O3S/c1-16-14-25(2,3)26(4)20-13-21(30-5)18(11-19(16)20)12-22-23(28)27(24(29)31-22)15-17-9-7-6-8-10-17/h6-14H,15H2,1-5H3/b22-12+. The largest absolute Gasteiger partial charge is 0.496 e. The number of amides is 2. The van der Waals surface area contributed by atoms with Crippen LogP contribution < -0.4 is 9.64 Å². The first kappa shape index (κ1) is 21.2. The van der Waals surface area contributed by atoms with Crippen molar-refractivity contribution >= 4 is 40.2 Å². The van der Waals surface area contributed by atoms with Crippen molar-refractivity contribution in [2.24, 2.45) is 0 Å². The normalized spacial score (nSPS) is 19.0. The summed E-state index contributed by atoms with van der Waals surface area (Å²) in [5.41, 5.74) is 4.95. The molecule has 0 unspecified atom stereocenters. The van der Waals surface area contributed by atoms with Gasteiger partial charge in [-0.1, -0.05) is 36.4 Å². The van der Waals surface area contributed by atoms with E-state index in [9.17, 15) is 9.59 Å². The number of thioether (sulfide) groups is 1. The van der Waals surface area contributed by atoms with Gasteiger partial charge < -0.3 is 9.64 Å². The summed E-state index contributed by atoms with van der Waals surface area (Å²) in [5.74, 6) is 0.398. The molecular weight excluding hydrogens is 408 g/mol. The minimum absolute atomic E-state index is 0.107. The monoisotopic (exact) mass is 434 g/mol. The fourth-order valence-electron chi connectivity index (χ4n) is 4.03. The zero-order chi connectivity index (χ0) is 22.3. The van der Waals surface area contributed by atoms with Crippen LogP contribution >= 0.6 is 11.8 Å². The second kappa shape index (κ2) is 7.93. The molecule has 6 heteroatoms. The highest BCUT2D eigenvalue weighted by Crippen LogP contribution is 2.43. The second-order valence-corrected chi connectivity index (χ2v) is 9.40. The van der Waals surface area contributed by atoms with Gasteiger partial charge in [-0.3, -0.25) is 14.5 Å². The van der Waals surface area contributed by atoms with Crippen molar-refractivity contribution in [3.63, 3.8) is 0 Å². The zero-order valence-electron chi connectivity index (χ0n) is 18.4. The third-order valence-corrected chi connectivity index (χ3v) is 6.82. The maximum Gasteiger partial charge on any atom is 0.293 e. The Kier molecular flexibility index (Phi) is 5.43. The molecule has 2 aromatic rings. The predicted octanol–water partition coefficient (Wildman–Crippen LogP) is 5.56. The van der Waals surface area contributed by atoms with Gasteiger partial charge in [-0.2, -0.15) is 0 Å². The number of allylic oxidation sites excluding steroid dienone is 1. The summed E-state index contributed by atoms with van der Waals surface area (Å²) in [5, 5.41) is -0.255. The van der Waals surface area contributed by atoms with Gasteiger partial charge in [0.15, 0.2) is 0 Å². The fraction of sp³-hybridized carbons (Fsp3) is 0.280. The average Bonchev–Trinajstić information content (AvgIpc) is 3.00. The van der Waals surface area contributed by atoms with Crippen molar-refractivity contribution in [1.82, 2.24) is 4.90 Å². The topological polar surface area (TPSA) is 49.9 Å². The Hall–Kier alpha value is -2.99. The Morgan fingerprint density at radius 1 is 1.13 bits per heavy atom. The van der Waals surface area contributed by atoms with Crippen molar-refractivity contribution in [3.05, 3.63) is 70.1 Å². The molecular formula is C25H26N2O3S. The van der Waals surface area contributed by atoms with Crippen molar-refractivity contribution in [3.8, 4) is 5.75 Å². The summed E-state index contributed by atoms with van der Waals surface area (Å²) in [4.78, 5) is 29.4. The minimum Gasteiger partial charge on any atom is -0.496 e. The summed E-state index contributed by atoms with van der Waals surface area (Å²) in [6, 6.07) is 13.6. The molecule has 2 aliphatic heterocycles. The molecule has 160 valence electrons. The molecule has 0 radical (unpaired) electrons. The molecule has 1 fully saturated rings. The van der Waals surface area contributed by atoms with Gasteiger partial charge >= 0.3 is 0 Å². The van der Waals surface area contributed by atoms with E-state index in [2.05, 4.69) is 38.8 Å². The molecule has 0 atom stereocenters. The zero-order valence-corrected chi connectivity index (χ0v) is 19.2. The highest BCUT2D eigenvalue weighted by Gasteiger charge is 2.35. The lowest BCUT2D eigenvalue weighted by Gasteiger charge is -2.41.